The summed E-state index contributed by atoms with van der Waals surface area (Å²) in [4.78, 5) is 0. The quantitative estimate of drug-likeness (QED) is 0.417. The third-order valence-electron chi connectivity index (χ3n) is 4.76. The zero-order valence-electron chi connectivity index (χ0n) is 18.2. The van der Waals surface area contributed by atoms with Crippen LogP contribution in [0.1, 0.15) is 57.3 Å². The first kappa shape index (κ1) is 23.0. The van der Waals surface area contributed by atoms with Crippen LogP contribution in [-0.2, 0) is 6.54 Å². The van der Waals surface area contributed by atoms with Crippen LogP contribution in [0, 0.1) is 0 Å². The first-order valence-electron chi connectivity index (χ1n) is 10.6. The molecule has 0 saturated carbocycles. The Morgan fingerprint density at radius 2 is 1.79 bits per heavy atom. The van der Waals surface area contributed by atoms with E-state index < -0.39 is 6.10 Å². The Bertz CT molecular complexity index is 717. The predicted molar refractivity (Wildman–Crippen MR) is 120 cm³/mol. The fraction of sp³-hybridized carbons (Fsp3) is 0.500. The third kappa shape index (κ3) is 7.95. The van der Waals surface area contributed by atoms with Crippen LogP contribution in [0.15, 0.2) is 42.5 Å². The van der Waals surface area contributed by atoms with Crippen molar-refractivity contribution in [1.82, 2.24) is 5.32 Å². The normalized spacial score (nSPS) is 12.1. The van der Waals surface area contributed by atoms with E-state index in [2.05, 4.69) is 31.4 Å². The van der Waals surface area contributed by atoms with Gasteiger partial charge in [0, 0.05) is 19.1 Å². The fourth-order valence-electron chi connectivity index (χ4n) is 2.96. The van der Waals surface area contributed by atoms with E-state index in [9.17, 15) is 5.11 Å². The van der Waals surface area contributed by atoms with Crippen molar-refractivity contribution in [1.29, 1.82) is 0 Å². The lowest BCUT2D eigenvalue weighted by Crippen LogP contribution is -2.27. The first-order chi connectivity index (χ1) is 14.0. The molecule has 1 unspecified atom stereocenters. The van der Waals surface area contributed by atoms with E-state index in [1.165, 1.54) is 6.42 Å². The fourth-order valence-corrected chi connectivity index (χ4v) is 2.96. The van der Waals surface area contributed by atoms with Gasteiger partial charge in [-0.05, 0) is 41.8 Å². The van der Waals surface area contributed by atoms with Crippen LogP contribution in [0.25, 0.3) is 0 Å². The van der Waals surface area contributed by atoms with Gasteiger partial charge in [0.25, 0.3) is 0 Å². The molecule has 160 valence electrons. The van der Waals surface area contributed by atoms with Crippen molar-refractivity contribution in [3.05, 3.63) is 53.6 Å². The molecule has 0 heterocycles. The minimum Gasteiger partial charge on any atom is -0.497 e. The van der Waals surface area contributed by atoms with Gasteiger partial charge in [0.05, 0.1) is 25.5 Å². The Kier molecular flexibility index (Phi) is 9.81. The maximum absolute atomic E-state index is 10.5. The molecule has 0 aliphatic carbocycles. The van der Waals surface area contributed by atoms with Gasteiger partial charge in [-0.2, -0.15) is 0 Å². The molecule has 0 fully saturated rings. The molecule has 0 spiro atoms. The number of anilines is 1. The number of nitrogens with one attached hydrogen (secondary N) is 2. The lowest BCUT2D eigenvalue weighted by molar-refractivity contribution is 0.171. The van der Waals surface area contributed by atoms with Crippen molar-refractivity contribution in [2.75, 3.05) is 25.6 Å². The Balaban J connectivity index is 2.10. The second-order valence-corrected chi connectivity index (χ2v) is 7.59. The summed E-state index contributed by atoms with van der Waals surface area (Å²) in [5.41, 5.74) is 2.92. The van der Waals surface area contributed by atoms with Crippen molar-refractivity contribution >= 4 is 5.69 Å². The lowest BCUT2D eigenvalue weighted by atomic mass is 10.1. The van der Waals surface area contributed by atoms with Gasteiger partial charge < -0.3 is 25.2 Å². The maximum Gasteiger partial charge on any atom is 0.142 e. The summed E-state index contributed by atoms with van der Waals surface area (Å²) in [7, 11) is 1.67. The van der Waals surface area contributed by atoms with Gasteiger partial charge in [-0.3, -0.25) is 0 Å². The lowest BCUT2D eigenvalue weighted by Gasteiger charge is -2.18. The Hall–Kier alpha value is -2.24. The molecule has 0 saturated heterocycles. The van der Waals surface area contributed by atoms with Crippen molar-refractivity contribution in [2.45, 2.75) is 58.7 Å². The molecular weight excluding hydrogens is 364 g/mol. The van der Waals surface area contributed by atoms with Gasteiger partial charge in [0.2, 0.25) is 0 Å². The minimum atomic E-state index is -0.562. The highest BCUT2D eigenvalue weighted by Gasteiger charge is 2.12. The van der Waals surface area contributed by atoms with Gasteiger partial charge in [0.15, 0.2) is 0 Å². The maximum atomic E-state index is 10.5. The summed E-state index contributed by atoms with van der Waals surface area (Å²) < 4.78 is 11.2. The van der Waals surface area contributed by atoms with Crippen LogP contribution in [0.5, 0.6) is 11.5 Å². The molecule has 1 atom stereocenters. The summed E-state index contributed by atoms with van der Waals surface area (Å²) in [6.45, 7) is 8.21. The Labute approximate surface area is 175 Å². The van der Waals surface area contributed by atoms with Crippen molar-refractivity contribution < 1.29 is 14.6 Å². The standard InChI is InChI=1S/C24H36N2O3/c1-5-6-7-14-29-24-13-10-20(23(27)17-25-18(2)3)15-22(24)26-16-19-8-11-21(28-4)12-9-19/h8-13,15,18,23,25-27H,5-7,14,16-17H2,1-4H3. The number of hydrogen-bond donors (Lipinski definition) is 3. The molecule has 0 aliphatic rings. The number of rotatable bonds is 13. The van der Waals surface area contributed by atoms with Gasteiger partial charge in [0.1, 0.15) is 11.5 Å². The molecule has 0 radical (unpaired) electrons. The van der Waals surface area contributed by atoms with E-state index in [0.29, 0.717) is 25.7 Å². The van der Waals surface area contributed by atoms with Crippen LogP contribution in [0.4, 0.5) is 5.69 Å². The first-order valence-corrected chi connectivity index (χ1v) is 10.6. The highest BCUT2D eigenvalue weighted by atomic mass is 16.5. The molecule has 2 aromatic rings. The van der Waals surface area contributed by atoms with Crippen LogP contribution < -0.4 is 20.1 Å². The SMILES string of the molecule is CCCCCOc1ccc(C(O)CNC(C)C)cc1NCc1ccc(OC)cc1. The summed E-state index contributed by atoms with van der Waals surface area (Å²) in [6.07, 6.45) is 2.80. The number of hydrogen-bond acceptors (Lipinski definition) is 5. The van der Waals surface area contributed by atoms with E-state index in [4.69, 9.17) is 9.47 Å². The molecule has 0 aromatic heterocycles. The molecule has 5 nitrogen and oxygen atoms in total. The van der Waals surface area contributed by atoms with E-state index in [1.807, 2.05) is 42.5 Å². The molecule has 0 bridgehead atoms. The van der Waals surface area contributed by atoms with Gasteiger partial charge >= 0.3 is 0 Å². The minimum absolute atomic E-state index is 0.332. The van der Waals surface area contributed by atoms with E-state index in [0.717, 1.165) is 41.2 Å². The Morgan fingerprint density at radius 1 is 1.03 bits per heavy atom. The molecule has 5 heteroatoms. The summed E-state index contributed by atoms with van der Waals surface area (Å²) in [5.74, 6) is 1.67. The monoisotopic (exact) mass is 400 g/mol. The molecule has 2 aromatic carbocycles. The number of aliphatic hydroxyl groups excluding tert-OH is 1. The average molecular weight is 401 g/mol. The smallest absolute Gasteiger partial charge is 0.142 e. The van der Waals surface area contributed by atoms with Crippen molar-refractivity contribution in [2.24, 2.45) is 0 Å². The number of ether oxygens (including phenoxy) is 2. The molecule has 0 amide bonds. The number of aliphatic hydroxyl groups is 1. The highest BCUT2D eigenvalue weighted by Crippen LogP contribution is 2.29. The third-order valence-corrected chi connectivity index (χ3v) is 4.76. The molecule has 3 N–H and O–H groups in total. The molecule has 2 rings (SSSR count). The van der Waals surface area contributed by atoms with Gasteiger partial charge in [-0.15, -0.1) is 0 Å². The molecule has 29 heavy (non-hydrogen) atoms. The largest absolute Gasteiger partial charge is 0.497 e. The van der Waals surface area contributed by atoms with E-state index in [-0.39, 0.29) is 0 Å². The van der Waals surface area contributed by atoms with Gasteiger partial charge in [-0.1, -0.05) is 51.8 Å². The summed E-state index contributed by atoms with van der Waals surface area (Å²) >= 11 is 0. The second-order valence-electron chi connectivity index (χ2n) is 7.59. The van der Waals surface area contributed by atoms with Crippen LogP contribution >= 0.6 is 0 Å². The molecule has 0 aliphatic heterocycles. The zero-order valence-corrected chi connectivity index (χ0v) is 18.2. The van der Waals surface area contributed by atoms with Crippen LogP contribution in [0.3, 0.4) is 0 Å². The van der Waals surface area contributed by atoms with Crippen molar-refractivity contribution in [3.63, 3.8) is 0 Å². The number of benzene rings is 2. The van der Waals surface area contributed by atoms with Gasteiger partial charge in [-0.25, -0.2) is 0 Å². The van der Waals surface area contributed by atoms with E-state index in [1.54, 1.807) is 7.11 Å². The number of unbranched alkanes of at least 4 members (excludes halogenated alkanes) is 2. The number of methoxy groups -OCH3 is 1. The molecular formula is C24H36N2O3. The summed E-state index contributed by atoms with van der Waals surface area (Å²) in [5, 5.41) is 17.3. The summed E-state index contributed by atoms with van der Waals surface area (Å²) in [6, 6.07) is 14.2. The second kappa shape index (κ2) is 12.3. The predicted octanol–water partition coefficient (Wildman–Crippen LogP) is 4.91. The Morgan fingerprint density at radius 3 is 2.45 bits per heavy atom. The highest BCUT2D eigenvalue weighted by molar-refractivity contribution is 5.58. The van der Waals surface area contributed by atoms with Crippen LogP contribution in [-0.4, -0.2) is 31.4 Å². The van der Waals surface area contributed by atoms with Crippen molar-refractivity contribution in [3.8, 4) is 11.5 Å². The zero-order chi connectivity index (χ0) is 21.1. The topological polar surface area (TPSA) is 62.8 Å². The van der Waals surface area contributed by atoms with E-state index >= 15 is 0 Å². The van der Waals surface area contributed by atoms with Crippen LogP contribution in [0.2, 0.25) is 0 Å². The average Bonchev–Trinajstić information content (AvgIpc) is 2.74.